The maximum Gasteiger partial charge on any atom is 0.417 e. The molecule has 4 aromatic rings. The molecule has 4 rings (SSSR count). The van der Waals surface area contributed by atoms with Crippen LogP contribution in [-0.2, 0) is 18.4 Å². The lowest BCUT2D eigenvalue weighted by Gasteiger charge is -2.14. The molecular formula is C23H20F3N3O2S. The third-order valence-electron chi connectivity index (χ3n) is 4.91. The molecule has 0 aliphatic heterocycles. The number of alkyl halides is 3. The monoisotopic (exact) mass is 459 g/mol. The van der Waals surface area contributed by atoms with Crippen molar-refractivity contribution >= 4 is 11.3 Å². The van der Waals surface area contributed by atoms with Crippen LogP contribution in [0.25, 0.3) is 27.6 Å². The highest BCUT2D eigenvalue weighted by Crippen LogP contribution is 2.38. The molecule has 0 saturated heterocycles. The van der Waals surface area contributed by atoms with Gasteiger partial charge in [0.05, 0.1) is 22.7 Å². The summed E-state index contributed by atoms with van der Waals surface area (Å²) in [7, 11) is 0. The van der Waals surface area contributed by atoms with Gasteiger partial charge >= 0.3 is 6.18 Å². The molecule has 0 unspecified atom stereocenters. The van der Waals surface area contributed by atoms with E-state index in [4.69, 9.17) is 0 Å². The molecule has 0 spiro atoms. The first kappa shape index (κ1) is 22.2. The van der Waals surface area contributed by atoms with Crippen molar-refractivity contribution in [1.82, 2.24) is 14.5 Å². The number of nitrogens with zero attached hydrogens (tertiary/aromatic N) is 3. The molecule has 0 aliphatic carbocycles. The fourth-order valence-corrected chi connectivity index (χ4v) is 4.04. The number of hydrogen-bond donors (Lipinski definition) is 2. The third-order valence-corrected chi connectivity index (χ3v) is 5.94. The number of thiazole rings is 1. The van der Waals surface area contributed by atoms with Crippen LogP contribution >= 0.6 is 11.3 Å². The van der Waals surface area contributed by atoms with E-state index in [1.165, 1.54) is 43.4 Å². The van der Waals surface area contributed by atoms with Gasteiger partial charge in [-0.2, -0.15) is 13.2 Å². The van der Waals surface area contributed by atoms with E-state index in [9.17, 15) is 23.4 Å². The second kappa shape index (κ2) is 8.16. The van der Waals surface area contributed by atoms with Crippen LogP contribution in [0.4, 0.5) is 13.2 Å². The SMILES string of the molecule is CC(C)(O)c1cn(-c2ccc(-c3ncc(CO)s3)cc2)c(-c2ccccc2C(F)(F)F)n1. The minimum absolute atomic E-state index is 0.0768. The zero-order valence-corrected chi connectivity index (χ0v) is 18.1. The Bertz CT molecular complexity index is 1240. The van der Waals surface area contributed by atoms with Gasteiger partial charge in [0.25, 0.3) is 0 Å². The molecule has 0 saturated carbocycles. The van der Waals surface area contributed by atoms with E-state index in [1.54, 1.807) is 41.2 Å². The largest absolute Gasteiger partial charge is 0.417 e. The van der Waals surface area contributed by atoms with Crippen molar-refractivity contribution in [3.63, 3.8) is 0 Å². The second-order valence-electron chi connectivity index (χ2n) is 7.76. The normalized spacial score (nSPS) is 12.3. The quantitative estimate of drug-likeness (QED) is 0.419. The lowest BCUT2D eigenvalue weighted by Crippen LogP contribution is -2.15. The Kier molecular flexibility index (Phi) is 5.66. The summed E-state index contributed by atoms with van der Waals surface area (Å²) in [6.45, 7) is 2.97. The Balaban J connectivity index is 1.84. The average Bonchev–Trinajstić information content (AvgIpc) is 3.40. The minimum atomic E-state index is -4.55. The molecule has 0 amide bonds. The van der Waals surface area contributed by atoms with Crippen molar-refractivity contribution < 1.29 is 23.4 Å². The van der Waals surface area contributed by atoms with Gasteiger partial charge in [0, 0.05) is 29.2 Å². The molecule has 5 nitrogen and oxygen atoms in total. The number of imidazole rings is 1. The highest BCUT2D eigenvalue weighted by molar-refractivity contribution is 7.15. The van der Waals surface area contributed by atoms with Crippen LogP contribution in [0, 0.1) is 0 Å². The summed E-state index contributed by atoms with van der Waals surface area (Å²) in [6.07, 6.45) is -1.41. The number of aliphatic hydroxyl groups excluding tert-OH is 1. The van der Waals surface area contributed by atoms with Crippen molar-refractivity contribution in [2.75, 3.05) is 0 Å². The van der Waals surface area contributed by atoms with Crippen LogP contribution in [0.1, 0.15) is 30.0 Å². The number of aromatic nitrogens is 3. The molecule has 9 heteroatoms. The van der Waals surface area contributed by atoms with Crippen LogP contribution in [0.3, 0.4) is 0 Å². The maximum atomic E-state index is 13.7. The number of benzene rings is 2. The number of hydrogen-bond acceptors (Lipinski definition) is 5. The van der Waals surface area contributed by atoms with Crippen molar-refractivity contribution in [3.8, 4) is 27.6 Å². The van der Waals surface area contributed by atoms with Crippen LogP contribution < -0.4 is 0 Å². The second-order valence-corrected chi connectivity index (χ2v) is 8.87. The first-order valence-corrected chi connectivity index (χ1v) is 10.5. The fourth-order valence-electron chi connectivity index (χ4n) is 3.27. The summed E-state index contributed by atoms with van der Waals surface area (Å²) in [4.78, 5) is 9.39. The van der Waals surface area contributed by atoms with E-state index < -0.39 is 17.3 Å². The highest BCUT2D eigenvalue weighted by atomic mass is 32.1. The molecule has 2 N–H and O–H groups in total. The van der Waals surface area contributed by atoms with E-state index in [-0.39, 0.29) is 23.7 Å². The van der Waals surface area contributed by atoms with E-state index in [1.807, 2.05) is 0 Å². The fraction of sp³-hybridized carbons (Fsp3) is 0.217. The molecule has 2 aromatic heterocycles. The smallest absolute Gasteiger partial charge is 0.391 e. The van der Waals surface area contributed by atoms with E-state index in [0.29, 0.717) is 5.69 Å². The summed E-state index contributed by atoms with van der Waals surface area (Å²) < 4.78 is 42.6. The van der Waals surface area contributed by atoms with Gasteiger partial charge in [0.15, 0.2) is 0 Å². The molecular weight excluding hydrogens is 439 g/mol. The molecule has 2 heterocycles. The van der Waals surface area contributed by atoms with Crippen molar-refractivity contribution in [2.24, 2.45) is 0 Å². The van der Waals surface area contributed by atoms with Gasteiger partial charge in [-0.25, -0.2) is 9.97 Å². The van der Waals surface area contributed by atoms with E-state index in [0.717, 1.165) is 21.5 Å². The molecule has 0 atom stereocenters. The lowest BCUT2D eigenvalue weighted by atomic mass is 10.1. The predicted octanol–water partition coefficient (Wildman–Crippen LogP) is 5.40. The van der Waals surface area contributed by atoms with Crippen molar-refractivity contribution in [3.05, 3.63) is 77.1 Å². The summed E-state index contributed by atoms with van der Waals surface area (Å²) in [6, 6.07) is 12.4. The first-order chi connectivity index (χ1) is 15.1. The molecule has 0 bridgehead atoms. The van der Waals surface area contributed by atoms with Crippen LogP contribution in [0.5, 0.6) is 0 Å². The topological polar surface area (TPSA) is 71.2 Å². The van der Waals surface area contributed by atoms with Crippen LogP contribution in [-0.4, -0.2) is 24.7 Å². The lowest BCUT2D eigenvalue weighted by molar-refractivity contribution is -0.137. The average molecular weight is 459 g/mol. The van der Waals surface area contributed by atoms with Gasteiger partial charge < -0.3 is 10.2 Å². The number of aliphatic hydroxyl groups is 2. The zero-order chi connectivity index (χ0) is 23.1. The van der Waals surface area contributed by atoms with Crippen molar-refractivity contribution in [1.29, 1.82) is 0 Å². The highest BCUT2D eigenvalue weighted by Gasteiger charge is 2.35. The van der Waals surface area contributed by atoms with Crippen molar-refractivity contribution in [2.45, 2.75) is 32.2 Å². The number of halogens is 3. The molecule has 0 aliphatic rings. The summed E-state index contributed by atoms with van der Waals surface area (Å²) in [5, 5.41) is 20.4. The van der Waals surface area contributed by atoms with Gasteiger partial charge in [0.2, 0.25) is 0 Å². The zero-order valence-electron chi connectivity index (χ0n) is 17.3. The Morgan fingerprint density at radius 3 is 2.31 bits per heavy atom. The minimum Gasteiger partial charge on any atom is -0.391 e. The maximum absolute atomic E-state index is 13.7. The Hall–Kier alpha value is -3.01. The molecule has 0 radical (unpaired) electrons. The summed E-state index contributed by atoms with van der Waals surface area (Å²) in [5.74, 6) is 0.0830. The predicted molar refractivity (Wildman–Crippen MR) is 116 cm³/mol. The van der Waals surface area contributed by atoms with Crippen LogP contribution in [0.2, 0.25) is 0 Å². The summed E-state index contributed by atoms with van der Waals surface area (Å²) >= 11 is 1.36. The van der Waals surface area contributed by atoms with Crippen LogP contribution in [0.15, 0.2) is 60.9 Å². The molecule has 32 heavy (non-hydrogen) atoms. The summed E-state index contributed by atoms with van der Waals surface area (Å²) in [5.41, 5.74) is -0.561. The third kappa shape index (κ3) is 4.32. The molecule has 2 aromatic carbocycles. The molecule has 166 valence electrons. The first-order valence-electron chi connectivity index (χ1n) is 9.73. The van der Waals surface area contributed by atoms with Gasteiger partial charge in [-0.15, -0.1) is 11.3 Å². The van der Waals surface area contributed by atoms with E-state index >= 15 is 0 Å². The Morgan fingerprint density at radius 2 is 1.72 bits per heavy atom. The Morgan fingerprint density at radius 1 is 1.03 bits per heavy atom. The van der Waals surface area contributed by atoms with Gasteiger partial charge in [-0.1, -0.05) is 18.2 Å². The Labute approximate surface area is 186 Å². The standard InChI is InChI=1S/C23H20F3N3O2S/c1-22(2,31)19-12-29(20(28-19)17-5-3-4-6-18(17)23(24,25)26)15-9-7-14(8-10-15)21-27-11-16(13-30)32-21/h3-12,30-31H,13H2,1-2H3. The number of rotatable bonds is 5. The van der Waals surface area contributed by atoms with E-state index in [2.05, 4.69) is 9.97 Å². The van der Waals surface area contributed by atoms with Gasteiger partial charge in [-0.3, -0.25) is 4.57 Å². The van der Waals surface area contributed by atoms with Gasteiger partial charge in [-0.05, 0) is 44.2 Å². The molecule has 0 fully saturated rings. The van der Waals surface area contributed by atoms with Gasteiger partial charge in [0.1, 0.15) is 16.4 Å².